The molecule has 0 saturated heterocycles. The Morgan fingerprint density at radius 1 is 1.00 bits per heavy atom. The van der Waals surface area contributed by atoms with E-state index in [2.05, 4.69) is 0 Å². The number of nitrogens with two attached hydrogens (primary N) is 1. The lowest BCUT2D eigenvalue weighted by Crippen LogP contribution is -2.40. The minimum atomic E-state index is -1.57. The number of alkyl halides is 1. The second-order valence-corrected chi connectivity index (χ2v) is 4.99. The van der Waals surface area contributed by atoms with Gasteiger partial charge in [-0.25, -0.2) is 0 Å². The van der Waals surface area contributed by atoms with Gasteiger partial charge in [0.05, 0.1) is 0 Å². The molecule has 0 fully saturated rings. The summed E-state index contributed by atoms with van der Waals surface area (Å²) in [5.41, 5.74) is 5.13. The van der Waals surface area contributed by atoms with Gasteiger partial charge in [-0.15, -0.1) is 0 Å². The van der Waals surface area contributed by atoms with Crippen LogP contribution in [0.2, 0.25) is 0 Å². The van der Waals surface area contributed by atoms with E-state index in [-0.39, 0.29) is 0 Å². The molecule has 20 heavy (non-hydrogen) atoms. The van der Waals surface area contributed by atoms with Crippen molar-refractivity contribution in [3.8, 4) is 17.2 Å². The van der Waals surface area contributed by atoms with Crippen LogP contribution in [0.25, 0.3) is 0 Å². The molecule has 0 aliphatic heterocycles. The number of primary amides is 1. The number of hydrogen-bond acceptors (Lipinski definition) is 3. The van der Waals surface area contributed by atoms with E-state index in [4.69, 9.17) is 26.8 Å². The zero-order valence-electron chi connectivity index (χ0n) is 10.9. The maximum absolute atomic E-state index is 11.1. The van der Waals surface area contributed by atoms with Crippen LogP contribution in [0.5, 0.6) is 17.2 Å². The van der Waals surface area contributed by atoms with Gasteiger partial charge in [0.25, 0.3) is 11.0 Å². The summed E-state index contributed by atoms with van der Waals surface area (Å²) in [7, 11) is 0. The van der Waals surface area contributed by atoms with Crippen molar-refractivity contribution < 1.29 is 14.3 Å². The molecular formula is C15H14ClNO3. The number of hydrogen-bond donors (Lipinski definition) is 1. The topological polar surface area (TPSA) is 61.6 Å². The Kier molecular flexibility index (Phi) is 4.15. The first-order valence-electron chi connectivity index (χ1n) is 5.98. The summed E-state index contributed by atoms with van der Waals surface area (Å²) in [5.74, 6) is 1.07. The summed E-state index contributed by atoms with van der Waals surface area (Å²) in [6, 6.07) is 16.1. The Hall–Kier alpha value is -2.20. The summed E-state index contributed by atoms with van der Waals surface area (Å²) < 4.78 is 10.9. The molecule has 5 heteroatoms. The van der Waals surface area contributed by atoms with Gasteiger partial charge in [-0.05, 0) is 43.3 Å². The average molecular weight is 292 g/mol. The molecular weight excluding hydrogens is 278 g/mol. The highest BCUT2D eigenvalue weighted by Crippen LogP contribution is 2.26. The number of para-hydroxylation sites is 1. The van der Waals surface area contributed by atoms with Gasteiger partial charge in [-0.1, -0.05) is 29.8 Å². The highest BCUT2D eigenvalue weighted by atomic mass is 35.5. The Balaban J connectivity index is 2.05. The van der Waals surface area contributed by atoms with Crippen molar-refractivity contribution >= 4 is 17.5 Å². The number of rotatable bonds is 5. The summed E-state index contributed by atoms with van der Waals surface area (Å²) in [6.07, 6.45) is 0. The quantitative estimate of drug-likeness (QED) is 0.860. The molecule has 0 aromatic heterocycles. The van der Waals surface area contributed by atoms with Crippen LogP contribution >= 0.6 is 11.6 Å². The summed E-state index contributed by atoms with van der Waals surface area (Å²) >= 11 is 5.85. The minimum absolute atomic E-state index is 0.432. The first kappa shape index (κ1) is 14.2. The van der Waals surface area contributed by atoms with E-state index in [1.807, 2.05) is 30.3 Å². The molecule has 2 aromatic rings. The van der Waals surface area contributed by atoms with E-state index < -0.39 is 11.0 Å². The molecule has 0 aliphatic carbocycles. The molecule has 2 aromatic carbocycles. The molecule has 0 saturated carbocycles. The second-order valence-electron chi connectivity index (χ2n) is 4.27. The largest absolute Gasteiger partial charge is 0.463 e. The molecule has 0 heterocycles. The van der Waals surface area contributed by atoms with Crippen LogP contribution in [0, 0.1) is 0 Å². The van der Waals surface area contributed by atoms with Crippen molar-refractivity contribution in [2.24, 2.45) is 5.73 Å². The lowest BCUT2D eigenvalue weighted by molar-refractivity contribution is -0.126. The average Bonchev–Trinajstić information content (AvgIpc) is 2.42. The molecule has 0 spiro atoms. The summed E-state index contributed by atoms with van der Waals surface area (Å²) in [5, 5.41) is -1.57. The molecule has 0 radical (unpaired) electrons. The van der Waals surface area contributed by atoms with Crippen molar-refractivity contribution in [3.05, 3.63) is 54.6 Å². The molecule has 2 rings (SSSR count). The number of ether oxygens (including phenoxy) is 2. The summed E-state index contributed by atoms with van der Waals surface area (Å²) in [4.78, 5) is 11.1. The molecule has 0 bridgehead atoms. The maximum Gasteiger partial charge on any atom is 0.277 e. The lowest BCUT2D eigenvalue weighted by atomic mass is 10.3. The zero-order chi connectivity index (χ0) is 14.6. The van der Waals surface area contributed by atoms with Crippen LogP contribution in [-0.2, 0) is 4.79 Å². The van der Waals surface area contributed by atoms with E-state index in [9.17, 15) is 4.79 Å². The normalized spacial score (nSPS) is 13.3. The molecule has 1 amide bonds. The minimum Gasteiger partial charge on any atom is -0.463 e. The van der Waals surface area contributed by atoms with Gasteiger partial charge in [0.15, 0.2) is 0 Å². The summed E-state index contributed by atoms with van der Waals surface area (Å²) in [6.45, 7) is 1.39. The number of carbonyl (C=O) groups is 1. The van der Waals surface area contributed by atoms with E-state index in [1.165, 1.54) is 6.92 Å². The Bertz CT molecular complexity index is 582. The fourth-order valence-corrected chi connectivity index (χ4v) is 1.56. The molecule has 4 nitrogen and oxygen atoms in total. The molecule has 0 aliphatic rings. The van der Waals surface area contributed by atoms with E-state index in [1.54, 1.807) is 24.3 Å². The first-order valence-corrected chi connectivity index (χ1v) is 6.36. The third kappa shape index (κ3) is 3.65. The number of carbonyl (C=O) groups excluding carboxylic acids is 1. The smallest absolute Gasteiger partial charge is 0.277 e. The second kappa shape index (κ2) is 5.84. The SMILES string of the molecule is CC(Cl)(Oc1ccc(Oc2ccccc2)cc1)C(N)=O. The van der Waals surface area contributed by atoms with E-state index >= 15 is 0 Å². The molecule has 1 unspecified atom stereocenters. The van der Waals surface area contributed by atoms with Crippen molar-refractivity contribution in [2.45, 2.75) is 12.0 Å². The van der Waals surface area contributed by atoms with Gasteiger partial charge >= 0.3 is 0 Å². The van der Waals surface area contributed by atoms with Crippen LogP contribution in [-0.4, -0.2) is 11.0 Å². The highest BCUT2D eigenvalue weighted by molar-refractivity contribution is 6.33. The Morgan fingerprint density at radius 2 is 1.50 bits per heavy atom. The van der Waals surface area contributed by atoms with E-state index in [0.717, 1.165) is 5.75 Å². The van der Waals surface area contributed by atoms with Crippen LogP contribution < -0.4 is 15.2 Å². The standard InChI is InChI=1S/C15H14ClNO3/c1-15(16,14(17)18)20-13-9-7-12(8-10-13)19-11-5-3-2-4-6-11/h2-10H,1H3,(H2,17,18). The molecule has 1 atom stereocenters. The fraction of sp³-hybridized carbons (Fsp3) is 0.133. The van der Waals surface area contributed by atoms with Crippen LogP contribution in [0.4, 0.5) is 0 Å². The zero-order valence-corrected chi connectivity index (χ0v) is 11.6. The first-order chi connectivity index (χ1) is 9.47. The van der Waals surface area contributed by atoms with Crippen LogP contribution in [0.1, 0.15) is 6.92 Å². The fourth-order valence-electron chi connectivity index (χ4n) is 1.47. The monoisotopic (exact) mass is 291 g/mol. The molecule has 2 N–H and O–H groups in total. The number of benzene rings is 2. The third-order valence-corrected chi connectivity index (χ3v) is 2.82. The third-order valence-electron chi connectivity index (χ3n) is 2.55. The van der Waals surface area contributed by atoms with Gasteiger partial charge in [-0.3, -0.25) is 4.79 Å². The number of halogens is 1. The van der Waals surface area contributed by atoms with Crippen molar-refractivity contribution in [1.82, 2.24) is 0 Å². The van der Waals surface area contributed by atoms with Gasteiger partial charge < -0.3 is 15.2 Å². The number of amides is 1. The van der Waals surface area contributed by atoms with Crippen molar-refractivity contribution in [2.75, 3.05) is 0 Å². The predicted octanol–water partition coefficient (Wildman–Crippen LogP) is 3.30. The van der Waals surface area contributed by atoms with Crippen LogP contribution in [0.3, 0.4) is 0 Å². The Morgan fingerprint density at radius 3 is 2.05 bits per heavy atom. The highest BCUT2D eigenvalue weighted by Gasteiger charge is 2.30. The van der Waals surface area contributed by atoms with Gasteiger partial charge in [0.1, 0.15) is 17.2 Å². The van der Waals surface area contributed by atoms with Gasteiger partial charge in [0.2, 0.25) is 0 Å². The van der Waals surface area contributed by atoms with E-state index in [0.29, 0.717) is 11.5 Å². The predicted molar refractivity (Wildman–Crippen MR) is 77.0 cm³/mol. The van der Waals surface area contributed by atoms with Crippen LogP contribution in [0.15, 0.2) is 54.6 Å². The Labute approximate surface area is 122 Å². The van der Waals surface area contributed by atoms with Gasteiger partial charge in [-0.2, -0.15) is 0 Å². The maximum atomic E-state index is 11.1. The van der Waals surface area contributed by atoms with Crippen molar-refractivity contribution in [3.63, 3.8) is 0 Å². The van der Waals surface area contributed by atoms with Gasteiger partial charge in [0, 0.05) is 0 Å². The lowest BCUT2D eigenvalue weighted by Gasteiger charge is -2.20. The van der Waals surface area contributed by atoms with Crippen molar-refractivity contribution in [1.29, 1.82) is 0 Å². The molecule has 104 valence electrons.